The minimum absolute atomic E-state index is 0.774. The third-order valence-corrected chi connectivity index (χ3v) is 5.17. The number of benzene rings is 2. The number of halogens is 1. The summed E-state index contributed by atoms with van der Waals surface area (Å²) in [5, 5.41) is 4.10. The fraction of sp³-hybridized carbons (Fsp3) is 0.278. The van der Waals surface area contributed by atoms with Crippen LogP contribution >= 0.6 is 28.1 Å². The molecule has 6 heteroatoms. The number of nitrogens with one attached hydrogen (secondary N) is 1. The highest BCUT2D eigenvalue weighted by Crippen LogP contribution is 2.23. The summed E-state index contributed by atoms with van der Waals surface area (Å²) in [6.07, 6.45) is 0. The summed E-state index contributed by atoms with van der Waals surface area (Å²) in [6, 6.07) is 16.2. The molecule has 2 aromatic rings. The first-order valence-corrected chi connectivity index (χ1v) is 9.07. The molecule has 0 unspecified atom stereocenters. The average molecular weight is 406 g/mol. The van der Waals surface area contributed by atoms with Crippen LogP contribution in [0.3, 0.4) is 0 Å². The number of anilines is 2. The molecule has 1 saturated heterocycles. The van der Waals surface area contributed by atoms with Gasteiger partial charge in [0.1, 0.15) is 5.75 Å². The third kappa shape index (κ3) is 3.99. The van der Waals surface area contributed by atoms with Crippen molar-refractivity contribution >= 4 is 44.6 Å². The van der Waals surface area contributed by atoms with E-state index in [9.17, 15) is 0 Å². The van der Waals surface area contributed by atoms with E-state index in [2.05, 4.69) is 43.2 Å². The van der Waals surface area contributed by atoms with Gasteiger partial charge in [0.05, 0.1) is 12.8 Å². The van der Waals surface area contributed by atoms with Gasteiger partial charge in [-0.1, -0.05) is 12.1 Å². The Morgan fingerprint density at radius 2 is 1.71 bits per heavy atom. The van der Waals surface area contributed by atoms with Gasteiger partial charge in [0.2, 0.25) is 0 Å². The van der Waals surface area contributed by atoms with E-state index in [0.29, 0.717) is 0 Å². The zero-order valence-corrected chi connectivity index (χ0v) is 15.9. The van der Waals surface area contributed by atoms with Gasteiger partial charge in [-0.25, -0.2) is 0 Å². The van der Waals surface area contributed by atoms with Crippen LogP contribution in [0.5, 0.6) is 5.75 Å². The van der Waals surface area contributed by atoms with E-state index in [0.717, 1.165) is 47.2 Å². The quantitative estimate of drug-likeness (QED) is 0.779. The predicted octanol–water partition coefficient (Wildman–Crippen LogP) is 3.98. The molecule has 0 aromatic heterocycles. The molecule has 0 radical (unpaired) electrons. The Balaban J connectivity index is 1.56. The maximum Gasteiger partial charge on any atom is 0.173 e. The summed E-state index contributed by atoms with van der Waals surface area (Å²) in [6.45, 7) is 3.71. The molecule has 1 aliphatic rings. The zero-order valence-electron chi connectivity index (χ0n) is 13.5. The highest BCUT2D eigenvalue weighted by molar-refractivity contribution is 9.10. The second-order valence-corrected chi connectivity index (χ2v) is 6.82. The van der Waals surface area contributed by atoms with Gasteiger partial charge in [0.25, 0.3) is 0 Å². The SMILES string of the molecule is COc1ccc(N2CCN(C(=S)Nc3ccccc3Br)CC2)cc1. The van der Waals surface area contributed by atoms with Gasteiger partial charge in [0, 0.05) is 36.3 Å². The molecular formula is C18H20BrN3OS. The van der Waals surface area contributed by atoms with Crippen LogP contribution < -0.4 is 15.0 Å². The van der Waals surface area contributed by atoms with Crippen LogP contribution in [0.25, 0.3) is 0 Å². The van der Waals surface area contributed by atoms with Crippen LogP contribution in [-0.4, -0.2) is 43.3 Å². The van der Waals surface area contributed by atoms with Gasteiger partial charge in [-0.2, -0.15) is 0 Å². The lowest BCUT2D eigenvalue weighted by Gasteiger charge is -2.37. The highest BCUT2D eigenvalue weighted by atomic mass is 79.9. The van der Waals surface area contributed by atoms with Crippen molar-refractivity contribution < 1.29 is 4.74 Å². The Labute approximate surface area is 156 Å². The predicted molar refractivity (Wildman–Crippen MR) is 107 cm³/mol. The van der Waals surface area contributed by atoms with E-state index < -0.39 is 0 Å². The summed E-state index contributed by atoms with van der Waals surface area (Å²) >= 11 is 9.10. The number of nitrogens with zero attached hydrogens (tertiary/aromatic N) is 2. The van der Waals surface area contributed by atoms with Crippen molar-refractivity contribution in [2.45, 2.75) is 0 Å². The Morgan fingerprint density at radius 3 is 2.33 bits per heavy atom. The molecule has 1 fully saturated rings. The smallest absolute Gasteiger partial charge is 0.173 e. The summed E-state index contributed by atoms with van der Waals surface area (Å²) in [5.41, 5.74) is 2.22. The molecule has 0 aliphatic carbocycles. The molecule has 1 N–H and O–H groups in total. The molecule has 2 aromatic carbocycles. The largest absolute Gasteiger partial charge is 0.497 e. The van der Waals surface area contributed by atoms with Crippen molar-refractivity contribution in [3.8, 4) is 5.75 Å². The van der Waals surface area contributed by atoms with Crippen molar-refractivity contribution in [1.29, 1.82) is 0 Å². The van der Waals surface area contributed by atoms with E-state index in [1.54, 1.807) is 7.11 Å². The molecular weight excluding hydrogens is 386 g/mol. The van der Waals surface area contributed by atoms with Crippen molar-refractivity contribution in [3.63, 3.8) is 0 Å². The monoisotopic (exact) mass is 405 g/mol. The van der Waals surface area contributed by atoms with Crippen molar-refractivity contribution in [3.05, 3.63) is 53.0 Å². The minimum Gasteiger partial charge on any atom is -0.497 e. The minimum atomic E-state index is 0.774. The van der Waals surface area contributed by atoms with Gasteiger partial charge in [-0.15, -0.1) is 0 Å². The third-order valence-electron chi connectivity index (χ3n) is 4.12. The Hall–Kier alpha value is -1.79. The number of hydrogen-bond acceptors (Lipinski definition) is 3. The lowest BCUT2D eigenvalue weighted by atomic mass is 10.2. The van der Waals surface area contributed by atoms with Crippen LogP contribution in [-0.2, 0) is 0 Å². The maximum absolute atomic E-state index is 5.56. The highest BCUT2D eigenvalue weighted by Gasteiger charge is 2.19. The van der Waals surface area contributed by atoms with E-state index in [1.807, 2.05) is 36.4 Å². The fourth-order valence-corrected chi connectivity index (χ4v) is 3.39. The number of ether oxygens (including phenoxy) is 1. The Morgan fingerprint density at radius 1 is 1.04 bits per heavy atom. The first-order chi connectivity index (χ1) is 11.7. The summed E-state index contributed by atoms with van der Waals surface area (Å²) < 4.78 is 6.23. The summed E-state index contributed by atoms with van der Waals surface area (Å²) in [5.74, 6) is 0.885. The number of para-hydroxylation sites is 1. The van der Waals surface area contributed by atoms with Gasteiger partial charge >= 0.3 is 0 Å². The first kappa shape index (κ1) is 17.0. The van der Waals surface area contributed by atoms with Gasteiger partial charge < -0.3 is 19.9 Å². The van der Waals surface area contributed by atoms with Gasteiger partial charge in [-0.05, 0) is 64.5 Å². The lowest BCUT2D eigenvalue weighted by molar-refractivity contribution is 0.390. The van der Waals surface area contributed by atoms with Crippen LogP contribution in [0.15, 0.2) is 53.0 Å². The van der Waals surface area contributed by atoms with Crippen LogP contribution in [0, 0.1) is 0 Å². The van der Waals surface area contributed by atoms with Crippen molar-refractivity contribution in [1.82, 2.24) is 4.90 Å². The molecule has 1 heterocycles. The standard InChI is InChI=1S/C18H20BrN3OS/c1-23-15-8-6-14(7-9-15)21-10-12-22(13-11-21)18(24)20-17-5-3-2-4-16(17)19/h2-9H,10-13H2,1H3,(H,20,24). The van der Waals surface area contributed by atoms with Crippen LogP contribution in [0.4, 0.5) is 11.4 Å². The topological polar surface area (TPSA) is 27.7 Å². The van der Waals surface area contributed by atoms with Crippen molar-refractivity contribution in [2.24, 2.45) is 0 Å². The molecule has 0 spiro atoms. The number of hydrogen-bond donors (Lipinski definition) is 1. The lowest BCUT2D eigenvalue weighted by Crippen LogP contribution is -2.50. The molecule has 4 nitrogen and oxygen atoms in total. The Bertz CT molecular complexity index is 700. The van der Waals surface area contributed by atoms with Crippen molar-refractivity contribution in [2.75, 3.05) is 43.5 Å². The second kappa shape index (κ2) is 7.85. The molecule has 0 saturated carbocycles. The number of piperazine rings is 1. The Kier molecular flexibility index (Phi) is 5.58. The van der Waals surface area contributed by atoms with Gasteiger partial charge in [0.15, 0.2) is 5.11 Å². The molecule has 1 aliphatic heterocycles. The van der Waals surface area contributed by atoms with Crippen LogP contribution in [0.2, 0.25) is 0 Å². The number of thiocarbonyl (C=S) groups is 1. The second-order valence-electron chi connectivity index (χ2n) is 5.58. The molecule has 0 amide bonds. The molecule has 126 valence electrons. The van der Waals surface area contributed by atoms with Crippen LogP contribution in [0.1, 0.15) is 0 Å². The van der Waals surface area contributed by atoms with E-state index >= 15 is 0 Å². The van der Waals surface area contributed by atoms with Gasteiger partial charge in [-0.3, -0.25) is 0 Å². The molecule has 0 atom stereocenters. The average Bonchev–Trinajstić information content (AvgIpc) is 2.64. The summed E-state index contributed by atoms with van der Waals surface area (Å²) in [4.78, 5) is 4.59. The number of methoxy groups -OCH3 is 1. The normalized spacial score (nSPS) is 14.4. The molecule has 3 rings (SSSR count). The van der Waals surface area contributed by atoms with E-state index in [-0.39, 0.29) is 0 Å². The fourth-order valence-electron chi connectivity index (χ4n) is 2.72. The first-order valence-electron chi connectivity index (χ1n) is 7.87. The van der Waals surface area contributed by atoms with E-state index in [1.165, 1.54) is 5.69 Å². The summed E-state index contributed by atoms with van der Waals surface area (Å²) in [7, 11) is 1.69. The number of rotatable bonds is 3. The molecule has 24 heavy (non-hydrogen) atoms. The van der Waals surface area contributed by atoms with E-state index in [4.69, 9.17) is 17.0 Å². The molecule has 0 bridgehead atoms. The zero-order chi connectivity index (χ0) is 16.9. The maximum atomic E-state index is 5.56.